The lowest BCUT2D eigenvalue weighted by atomic mass is 10.1. The Morgan fingerprint density at radius 2 is 1.57 bits per heavy atom. The maximum atomic E-state index is 9.88. The highest BCUT2D eigenvalue weighted by Gasteiger charge is 2.56. The normalized spacial score (nSPS) is 24.8. The van der Waals surface area contributed by atoms with E-state index in [1.54, 1.807) is 0 Å². The van der Waals surface area contributed by atoms with Crippen molar-refractivity contribution in [3.05, 3.63) is 24.3 Å². The van der Waals surface area contributed by atoms with Gasteiger partial charge in [-0.15, -0.1) is 24.8 Å². The first-order chi connectivity index (χ1) is 20.2. The number of halogens is 2. The second-order valence-electron chi connectivity index (χ2n) is 11.6. The molecule has 3 aliphatic rings. The Morgan fingerprint density at radius 3 is 2.14 bits per heavy atom. The number of unbranched alkanes of at least 4 members (excludes halogenated alkanes) is 1. The predicted molar refractivity (Wildman–Crippen MR) is 173 cm³/mol. The van der Waals surface area contributed by atoms with E-state index < -0.39 is 30.4 Å². The van der Waals surface area contributed by atoms with E-state index in [4.69, 9.17) is 38.3 Å². The molecule has 44 heavy (non-hydrogen) atoms. The van der Waals surface area contributed by atoms with Gasteiger partial charge in [0.15, 0.2) is 12.1 Å². The molecule has 3 heterocycles. The molecule has 3 fully saturated rings. The number of hydrogen-bond donors (Lipinski definition) is 2. The van der Waals surface area contributed by atoms with Crippen molar-refractivity contribution in [1.82, 2.24) is 9.80 Å². The Kier molecular flexibility index (Phi) is 20.3. The van der Waals surface area contributed by atoms with Gasteiger partial charge in [0.05, 0.1) is 33.0 Å². The zero-order valence-corrected chi connectivity index (χ0v) is 28.7. The van der Waals surface area contributed by atoms with Crippen molar-refractivity contribution in [1.29, 1.82) is 0 Å². The molecule has 13 heteroatoms. The SMILES string of the molecule is CCCCOc1ccc(OCCCN2CCOCC2)cc1.CN(C)CCCOC1C(C(O)CO)OC2OC(C)(C)OC21.Cl.Cl. The molecule has 2 N–H and O–H groups in total. The quantitative estimate of drug-likeness (QED) is 0.253. The second kappa shape index (κ2) is 21.8. The van der Waals surface area contributed by atoms with Gasteiger partial charge in [-0.25, -0.2) is 0 Å². The number of nitrogens with zero attached hydrogens (tertiary/aromatic N) is 2. The first-order valence-electron chi connectivity index (χ1n) is 15.4. The Labute approximate surface area is 276 Å². The van der Waals surface area contributed by atoms with Crippen molar-refractivity contribution >= 4 is 24.8 Å². The van der Waals surface area contributed by atoms with Crippen molar-refractivity contribution < 1.29 is 43.4 Å². The number of benzene rings is 1. The number of aliphatic hydroxyl groups is 2. The lowest BCUT2D eigenvalue weighted by molar-refractivity contribution is -0.231. The molecule has 0 amide bonds. The van der Waals surface area contributed by atoms with Crippen molar-refractivity contribution in [3.8, 4) is 11.5 Å². The molecule has 3 aliphatic heterocycles. The minimum atomic E-state index is -1.01. The molecule has 4 rings (SSSR count). The van der Waals surface area contributed by atoms with Crippen LogP contribution in [0, 0.1) is 0 Å². The lowest BCUT2D eigenvalue weighted by Gasteiger charge is -2.28. The molecule has 0 saturated carbocycles. The molecule has 5 atom stereocenters. The zero-order valence-electron chi connectivity index (χ0n) is 27.1. The van der Waals surface area contributed by atoms with Gasteiger partial charge in [0, 0.05) is 26.2 Å². The van der Waals surface area contributed by atoms with Crippen molar-refractivity contribution in [3.63, 3.8) is 0 Å². The summed E-state index contributed by atoms with van der Waals surface area (Å²) in [6.45, 7) is 13.3. The average molecular weight is 672 g/mol. The van der Waals surface area contributed by atoms with Crippen molar-refractivity contribution in [2.75, 3.05) is 79.9 Å². The van der Waals surface area contributed by atoms with Gasteiger partial charge in [-0.3, -0.25) is 4.90 Å². The minimum absolute atomic E-state index is 0. The third-order valence-electron chi connectivity index (χ3n) is 7.23. The van der Waals surface area contributed by atoms with E-state index in [0.717, 1.165) is 89.8 Å². The Bertz CT molecular complexity index is 863. The minimum Gasteiger partial charge on any atom is -0.494 e. The molecule has 0 aromatic heterocycles. The van der Waals surface area contributed by atoms with Crippen molar-refractivity contribution in [2.24, 2.45) is 0 Å². The van der Waals surface area contributed by atoms with Gasteiger partial charge in [0.1, 0.15) is 35.9 Å². The number of aliphatic hydroxyl groups excluding tert-OH is 2. The van der Waals surface area contributed by atoms with E-state index in [1.807, 2.05) is 52.2 Å². The summed E-state index contributed by atoms with van der Waals surface area (Å²) in [5.74, 6) is 1.11. The van der Waals surface area contributed by atoms with Gasteiger partial charge < -0.3 is 48.3 Å². The van der Waals surface area contributed by atoms with Crippen LogP contribution in [0.4, 0.5) is 0 Å². The largest absolute Gasteiger partial charge is 0.494 e. The summed E-state index contributed by atoms with van der Waals surface area (Å²) in [5.41, 5.74) is 0. The molecule has 1 aromatic carbocycles. The molecule has 0 aliphatic carbocycles. The predicted octanol–water partition coefficient (Wildman–Crippen LogP) is 3.36. The standard InChI is InChI=1S/C17H27NO3.C14H27NO6.2ClH/c1-2-3-12-20-16-5-7-17(8-6-16)21-13-4-9-18-10-14-19-15-11-18;1-14(2)20-12-11(18-7-5-6-15(3)4)10(9(17)8-16)19-13(12)21-14;;/h5-8H,2-4,9-15H2,1H3;9-13,16-17H,5-8H2,1-4H3;2*1H. The van der Waals surface area contributed by atoms with Crippen LogP contribution >= 0.6 is 24.8 Å². The number of hydrogen-bond acceptors (Lipinski definition) is 11. The molecule has 5 unspecified atom stereocenters. The summed E-state index contributed by atoms with van der Waals surface area (Å²) in [7, 11) is 4.01. The molecule has 0 spiro atoms. The van der Waals surface area contributed by atoms with E-state index in [-0.39, 0.29) is 37.5 Å². The van der Waals surface area contributed by atoms with Crippen LogP contribution in [0.5, 0.6) is 11.5 Å². The molecule has 1 aromatic rings. The Hall–Kier alpha value is -0.960. The summed E-state index contributed by atoms with van der Waals surface area (Å²) >= 11 is 0. The monoisotopic (exact) mass is 670 g/mol. The second-order valence-corrected chi connectivity index (χ2v) is 11.6. The van der Waals surface area contributed by atoms with Crippen LogP contribution in [-0.4, -0.2) is 136 Å². The van der Waals surface area contributed by atoms with Gasteiger partial charge in [-0.05, 0) is 78.0 Å². The van der Waals surface area contributed by atoms with Gasteiger partial charge in [0.2, 0.25) is 0 Å². The molecule has 11 nitrogen and oxygen atoms in total. The summed E-state index contributed by atoms with van der Waals surface area (Å²) in [6.07, 6.45) is 1.13. The smallest absolute Gasteiger partial charge is 0.190 e. The lowest BCUT2D eigenvalue weighted by Crippen LogP contribution is -2.44. The first-order valence-corrected chi connectivity index (χ1v) is 15.4. The molecule has 0 bridgehead atoms. The third kappa shape index (κ3) is 14.2. The van der Waals surface area contributed by atoms with Crippen molar-refractivity contribution in [2.45, 2.75) is 82.9 Å². The maximum absolute atomic E-state index is 9.88. The number of fused-ring (bicyclic) bond motifs is 1. The summed E-state index contributed by atoms with van der Waals surface area (Å²) in [4.78, 5) is 4.51. The molecule has 258 valence electrons. The molecular weight excluding hydrogens is 615 g/mol. The summed E-state index contributed by atoms with van der Waals surface area (Å²) in [5, 5.41) is 19.0. The zero-order chi connectivity index (χ0) is 30.4. The summed E-state index contributed by atoms with van der Waals surface area (Å²) < 4.78 is 39.7. The summed E-state index contributed by atoms with van der Waals surface area (Å²) in [6, 6.07) is 7.92. The average Bonchev–Trinajstić information content (AvgIpc) is 3.46. The van der Waals surface area contributed by atoms with Crippen LogP contribution in [0.3, 0.4) is 0 Å². The van der Waals surface area contributed by atoms with Gasteiger partial charge >= 0.3 is 0 Å². The molecular formula is C31H56Cl2N2O9. The number of rotatable bonds is 16. The van der Waals surface area contributed by atoms with Crippen LogP contribution in [-0.2, 0) is 23.7 Å². The molecule has 3 saturated heterocycles. The van der Waals surface area contributed by atoms with E-state index in [9.17, 15) is 5.11 Å². The maximum Gasteiger partial charge on any atom is 0.190 e. The number of morpholine rings is 1. The topological polar surface area (TPSA) is 112 Å². The van der Waals surface area contributed by atoms with Gasteiger partial charge in [-0.2, -0.15) is 0 Å². The van der Waals surface area contributed by atoms with Crippen LogP contribution < -0.4 is 9.47 Å². The fourth-order valence-corrected chi connectivity index (χ4v) is 4.98. The fraction of sp³-hybridized carbons (Fsp3) is 0.806. The first kappa shape index (κ1) is 41.1. The van der Waals surface area contributed by atoms with E-state index >= 15 is 0 Å². The van der Waals surface area contributed by atoms with Gasteiger partial charge in [-0.1, -0.05) is 13.3 Å². The van der Waals surface area contributed by atoms with Crippen LogP contribution in [0.1, 0.15) is 46.5 Å². The Balaban J connectivity index is 0.000000421. The van der Waals surface area contributed by atoms with E-state index in [1.165, 1.54) is 0 Å². The van der Waals surface area contributed by atoms with Crippen LogP contribution in [0.25, 0.3) is 0 Å². The van der Waals surface area contributed by atoms with Gasteiger partial charge in [0.25, 0.3) is 0 Å². The van der Waals surface area contributed by atoms with E-state index in [2.05, 4.69) is 16.7 Å². The number of ether oxygens (including phenoxy) is 7. The highest BCUT2D eigenvalue weighted by molar-refractivity contribution is 5.85. The third-order valence-corrected chi connectivity index (χ3v) is 7.23. The molecule has 0 radical (unpaired) electrons. The Morgan fingerprint density at radius 1 is 0.955 bits per heavy atom. The highest BCUT2D eigenvalue weighted by atomic mass is 35.5. The van der Waals surface area contributed by atoms with Crippen LogP contribution in [0.2, 0.25) is 0 Å². The highest BCUT2D eigenvalue weighted by Crippen LogP contribution is 2.39. The van der Waals surface area contributed by atoms with Crippen LogP contribution in [0.15, 0.2) is 24.3 Å². The fourth-order valence-electron chi connectivity index (χ4n) is 4.98. The van der Waals surface area contributed by atoms with E-state index in [0.29, 0.717) is 6.61 Å².